The third-order valence-corrected chi connectivity index (χ3v) is 4.78. The molecule has 0 saturated carbocycles. The first-order chi connectivity index (χ1) is 9.50. The van der Waals surface area contributed by atoms with Crippen LogP contribution in [0.1, 0.15) is 26.3 Å². The van der Waals surface area contributed by atoms with Gasteiger partial charge < -0.3 is 5.11 Å². The van der Waals surface area contributed by atoms with Crippen LogP contribution in [0.5, 0.6) is 0 Å². The number of nitrogens with zero attached hydrogens (tertiary/aromatic N) is 2. The van der Waals surface area contributed by atoms with Gasteiger partial charge in [0.1, 0.15) is 18.4 Å². The molecule has 0 aliphatic carbocycles. The predicted molar refractivity (Wildman–Crippen MR) is 72.4 cm³/mol. The SMILES string of the molecule is CC(C)(C)N(CC(=O)O)S(=O)(=O)c1ccc(F)c(C#N)c1. The Balaban J connectivity index is 3.43. The van der Waals surface area contributed by atoms with E-state index >= 15 is 0 Å². The van der Waals surface area contributed by atoms with Gasteiger partial charge in [-0.05, 0) is 39.0 Å². The van der Waals surface area contributed by atoms with Gasteiger partial charge in [-0.15, -0.1) is 0 Å². The third kappa shape index (κ3) is 3.77. The number of nitriles is 1. The summed E-state index contributed by atoms with van der Waals surface area (Å²) in [6, 6.07) is 4.32. The van der Waals surface area contributed by atoms with E-state index in [0.717, 1.165) is 22.5 Å². The molecule has 1 rings (SSSR count). The van der Waals surface area contributed by atoms with Gasteiger partial charge in [0.15, 0.2) is 0 Å². The monoisotopic (exact) mass is 314 g/mol. The molecule has 8 heteroatoms. The number of halogens is 1. The Labute approximate surface area is 122 Å². The zero-order valence-corrected chi connectivity index (χ0v) is 12.6. The summed E-state index contributed by atoms with van der Waals surface area (Å²) in [5, 5.41) is 17.6. The van der Waals surface area contributed by atoms with Crippen LogP contribution < -0.4 is 0 Å². The summed E-state index contributed by atoms with van der Waals surface area (Å²) >= 11 is 0. The molecule has 1 N–H and O–H groups in total. The number of carbonyl (C=O) groups is 1. The molecular formula is C13H15FN2O4S. The molecule has 0 amide bonds. The maximum absolute atomic E-state index is 13.3. The molecule has 0 spiro atoms. The van der Waals surface area contributed by atoms with Crippen molar-refractivity contribution in [2.45, 2.75) is 31.2 Å². The molecule has 0 fully saturated rings. The van der Waals surface area contributed by atoms with Crippen LogP contribution in [-0.4, -0.2) is 35.9 Å². The first-order valence-electron chi connectivity index (χ1n) is 5.94. The Morgan fingerprint density at radius 3 is 2.43 bits per heavy atom. The maximum Gasteiger partial charge on any atom is 0.318 e. The Morgan fingerprint density at radius 2 is 2.00 bits per heavy atom. The number of hydrogen-bond acceptors (Lipinski definition) is 4. The second-order valence-corrected chi connectivity index (χ2v) is 7.19. The smallest absolute Gasteiger partial charge is 0.318 e. The minimum absolute atomic E-state index is 0.323. The van der Waals surface area contributed by atoms with E-state index in [9.17, 15) is 17.6 Å². The van der Waals surface area contributed by atoms with Crippen LogP contribution in [0.4, 0.5) is 4.39 Å². The number of carboxylic acids is 1. The Bertz CT molecular complexity index is 702. The lowest BCUT2D eigenvalue weighted by Crippen LogP contribution is -2.48. The highest BCUT2D eigenvalue weighted by atomic mass is 32.2. The number of sulfonamides is 1. The van der Waals surface area contributed by atoms with Crippen molar-refractivity contribution in [3.05, 3.63) is 29.6 Å². The molecular weight excluding hydrogens is 299 g/mol. The van der Waals surface area contributed by atoms with Crippen LogP contribution in [0.3, 0.4) is 0 Å². The largest absolute Gasteiger partial charge is 0.480 e. The number of rotatable bonds is 4. The molecule has 0 aromatic heterocycles. The van der Waals surface area contributed by atoms with E-state index in [2.05, 4.69) is 0 Å². The topological polar surface area (TPSA) is 98.5 Å². The maximum atomic E-state index is 13.3. The van der Waals surface area contributed by atoms with Crippen molar-refractivity contribution in [1.29, 1.82) is 5.26 Å². The van der Waals surface area contributed by atoms with Crippen molar-refractivity contribution in [2.24, 2.45) is 0 Å². The van der Waals surface area contributed by atoms with E-state index in [-0.39, 0.29) is 4.90 Å². The molecule has 21 heavy (non-hydrogen) atoms. The van der Waals surface area contributed by atoms with Crippen molar-refractivity contribution < 1.29 is 22.7 Å². The minimum Gasteiger partial charge on any atom is -0.480 e. The van der Waals surface area contributed by atoms with Crippen molar-refractivity contribution in [2.75, 3.05) is 6.54 Å². The van der Waals surface area contributed by atoms with E-state index in [4.69, 9.17) is 10.4 Å². The van der Waals surface area contributed by atoms with Gasteiger partial charge in [-0.1, -0.05) is 0 Å². The van der Waals surface area contributed by atoms with Gasteiger partial charge in [0, 0.05) is 5.54 Å². The van der Waals surface area contributed by atoms with Crippen LogP contribution in [0.2, 0.25) is 0 Å². The molecule has 114 valence electrons. The van der Waals surface area contributed by atoms with E-state index in [1.165, 1.54) is 0 Å². The van der Waals surface area contributed by atoms with E-state index < -0.39 is 39.5 Å². The molecule has 1 aromatic rings. The van der Waals surface area contributed by atoms with Gasteiger partial charge in [0.25, 0.3) is 0 Å². The third-order valence-electron chi connectivity index (χ3n) is 2.67. The summed E-state index contributed by atoms with van der Waals surface area (Å²) in [5.41, 5.74) is -1.40. The van der Waals surface area contributed by atoms with E-state index in [1.807, 2.05) is 0 Å². The summed E-state index contributed by atoms with van der Waals surface area (Å²) in [6.45, 7) is 3.90. The van der Waals surface area contributed by atoms with Crippen molar-refractivity contribution >= 4 is 16.0 Å². The Kier molecular flexibility index (Phi) is 4.71. The second-order valence-electron chi connectivity index (χ2n) is 5.33. The molecule has 0 aliphatic rings. The molecule has 0 atom stereocenters. The van der Waals surface area contributed by atoms with Crippen molar-refractivity contribution in [3.63, 3.8) is 0 Å². The summed E-state index contributed by atoms with van der Waals surface area (Å²) in [7, 11) is -4.17. The van der Waals surface area contributed by atoms with E-state index in [0.29, 0.717) is 0 Å². The summed E-state index contributed by atoms with van der Waals surface area (Å²) < 4.78 is 39.1. The molecule has 0 radical (unpaired) electrons. The van der Waals surface area contributed by atoms with Crippen molar-refractivity contribution in [3.8, 4) is 6.07 Å². The molecule has 0 heterocycles. The second kappa shape index (κ2) is 5.79. The first kappa shape index (κ1) is 17.1. The lowest BCUT2D eigenvalue weighted by molar-refractivity contribution is -0.138. The lowest BCUT2D eigenvalue weighted by Gasteiger charge is -2.33. The van der Waals surface area contributed by atoms with E-state index in [1.54, 1.807) is 26.8 Å². The molecule has 0 aliphatic heterocycles. The highest BCUT2D eigenvalue weighted by Gasteiger charge is 2.35. The Hall–Kier alpha value is -1.98. The van der Waals surface area contributed by atoms with Crippen molar-refractivity contribution in [1.82, 2.24) is 4.31 Å². The van der Waals surface area contributed by atoms with Gasteiger partial charge in [-0.25, -0.2) is 12.8 Å². The highest BCUT2D eigenvalue weighted by molar-refractivity contribution is 7.89. The number of hydrogen-bond donors (Lipinski definition) is 1. The Morgan fingerprint density at radius 1 is 1.43 bits per heavy atom. The zero-order valence-electron chi connectivity index (χ0n) is 11.8. The van der Waals surface area contributed by atoms with Crippen LogP contribution >= 0.6 is 0 Å². The number of aliphatic carboxylic acids is 1. The fourth-order valence-electron chi connectivity index (χ4n) is 1.68. The van der Waals surface area contributed by atoms with Gasteiger partial charge in [0.2, 0.25) is 10.0 Å². The van der Waals surface area contributed by atoms with Gasteiger partial charge in [-0.3, -0.25) is 4.79 Å². The summed E-state index contributed by atoms with van der Waals surface area (Å²) in [6.07, 6.45) is 0. The van der Waals surface area contributed by atoms with Gasteiger partial charge in [-0.2, -0.15) is 9.57 Å². The van der Waals surface area contributed by atoms with Crippen LogP contribution in [0.15, 0.2) is 23.1 Å². The number of benzene rings is 1. The molecule has 0 saturated heterocycles. The summed E-state index contributed by atoms with van der Waals surface area (Å²) in [4.78, 5) is 10.6. The normalized spacial score (nSPS) is 12.2. The molecule has 1 aromatic carbocycles. The fraction of sp³-hybridized carbons (Fsp3) is 0.385. The quantitative estimate of drug-likeness (QED) is 0.909. The first-order valence-corrected chi connectivity index (χ1v) is 7.38. The minimum atomic E-state index is -4.17. The van der Waals surface area contributed by atoms with Crippen LogP contribution in [0, 0.1) is 17.1 Å². The van der Waals surface area contributed by atoms with Gasteiger partial charge in [0.05, 0.1) is 10.5 Å². The fourth-order valence-corrected chi connectivity index (χ4v) is 3.45. The number of carboxylic acid groups (broad SMARTS) is 1. The van der Waals surface area contributed by atoms with Gasteiger partial charge >= 0.3 is 5.97 Å². The van der Waals surface area contributed by atoms with Crippen LogP contribution in [-0.2, 0) is 14.8 Å². The average molecular weight is 314 g/mol. The average Bonchev–Trinajstić information content (AvgIpc) is 2.34. The molecule has 0 unspecified atom stereocenters. The predicted octanol–water partition coefficient (Wildman–Crippen LogP) is 1.57. The lowest BCUT2D eigenvalue weighted by atomic mass is 10.1. The standard InChI is InChI=1S/C13H15FN2O4S/c1-13(2,3)16(8-12(17)18)21(19,20)10-4-5-11(14)9(6-10)7-15/h4-6H,8H2,1-3H3,(H,17,18). The molecule has 0 bridgehead atoms. The zero-order chi connectivity index (χ0) is 16.4. The summed E-state index contributed by atoms with van der Waals surface area (Å²) in [5.74, 6) is -2.15. The molecule has 6 nitrogen and oxygen atoms in total. The van der Waals surface area contributed by atoms with Crippen LogP contribution in [0.25, 0.3) is 0 Å². The highest BCUT2D eigenvalue weighted by Crippen LogP contribution is 2.25.